The molecule has 0 radical (unpaired) electrons. The molecule has 0 aliphatic carbocycles. The molecule has 0 aliphatic heterocycles. The molecule has 6 heteroatoms. The van der Waals surface area contributed by atoms with Crippen LogP contribution < -0.4 is 5.32 Å². The van der Waals surface area contributed by atoms with Crippen LogP contribution in [0.15, 0.2) is 12.3 Å². The van der Waals surface area contributed by atoms with Gasteiger partial charge in [-0.25, -0.2) is 0 Å². The topological polar surface area (TPSA) is 55.6 Å². The van der Waals surface area contributed by atoms with Crippen LogP contribution in [0.2, 0.25) is 0 Å². The maximum atomic E-state index is 4.48. The highest BCUT2D eigenvalue weighted by atomic mass is 32.1. The number of nitrogens with one attached hydrogen (secondary N) is 1. The molecule has 0 saturated carbocycles. The first-order chi connectivity index (χ1) is 8.74. The lowest BCUT2D eigenvalue weighted by atomic mass is 10.1. The van der Waals surface area contributed by atoms with Gasteiger partial charge < -0.3 is 5.32 Å². The van der Waals surface area contributed by atoms with E-state index in [0.29, 0.717) is 0 Å². The first kappa shape index (κ1) is 13.2. The molecule has 18 heavy (non-hydrogen) atoms. The third-order valence-electron chi connectivity index (χ3n) is 2.88. The fraction of sp³-hybridized carbons (Fsp3) is 0.583. The minimum absolute atomic E-state index is 0.218. The molecule has 2 aromatic heterocycles. The molecule has 0 bridgehead atoms. The van der Waals surface area contributed by atoms with Gasteiger partial charge in [0.15, 0.2) is 0 Å². The van der Waals surface area contributed by atoms with Gasteiger partial charge in [-0.05, 0) is 26.5 Å². The zero-order chi connectivity index (χ0) is 13.0. The lowest BCUT2D eigenvalue weighted by Crippen LogP contribution is -2.24. The van der Waals surface area contributed by atoms with Crippen LogP contribution in [0.25, 0.3) is 0 Å². The maximum Gasteiger partial charge on any atom is 0.0916 e. The lowest BCUT2D eigenvalue weighted by Gasteiger charge is -2.15. The van der Waals surface area contributed by atoms with Crippen molar-refractivity contribution in [1.29, 1.82) is 0 Å². The Morgan fingerprint density at radius 1 is 1.44 bits per heavy atom. The van der Waals surface area contributed by atoms with Gasteiger partial charge in [-0.15, -0.1) is 0 Å². The number of aryl methyl sites for hydroxylation is 2. The van der Waals surface area contributed by atoms with Crippen molar-refractivity contribution < 1.29 is 0 Å². The largest absolute Gasteiger partial charge is 0.309 e. The number of hydrogen-bond donors (Lipinski definition) is 1. The van der Waals surface area contributed by atoms with Crippen LogP contribution in [0.1, 0.15) is 37.0 Å². The second-order valence-corrected chi connectivity index (χ2v) is 4.80. The summed E-state index contributed by atoms with van der Waals surface area (Å²) in [7, 11) is 0. The molecule has 2 aromatic rings. The predicted molar refractivity (Wildman–Crippen MR) is 72.7 cm³/mol. The van der Waals surface area contributed by atoms with Crippen molar-refractivity contribution in [2.45, 2.75) is 39.8 Å². The fourth-order valence-electron chi connectivity index (χ4n) is 2.10. The molecule has 0 spiro atoms. The Kier molecular flexibility index (Phi) is 4.43. The molecule has 1 unspecified atom stereocenters. The lowest BCUT2D eigenvalue weighted by molar-refractivity contribution is 0.509. The predicted octanol–water partition coefficient (Wildman–Crippen LogP) is 1.96. The molecule has 2 heterocycles. The van der Waals surface area contributed by atoms with Crippen LogP contribution in [0.4, 0.5) is 0 Å². The van der Waals surface area contributed by atoms with E-state index in [9.17, 15) is 0 Å². The van der Waals surface area contributed by atoms with Crippen LogP contribution in [0.3, 0.4) is 0 Å². The van der Waals surface area contributed by atoms with E-state index < -0.39 is 0 Å². The number of rotatable bonds is 6. The molecular formula is C12H19N5S. The third kappa shape index (κ3) is 2.94. The van der Waals surface area contributed by atoms with Gasteiger partial charge in [0, 0.05) is 18.7 Å². The SMILES string of the molecule is CCNC(Cc1cc(C)nn1CC)c1cnsn1. The van der Waals surface area contributed by atoms with E-state index in [0.717, 1.165) is 30.9 Å². The van der Waals surface area contributed by atoms with E-state index in [4.69, 9.17) is 0 Å². The highest BCUT2D eigenvalue weighted by Gasteiger charge is 2.16. The average molecular weight is 265 g/mol. The van der Waals surface area contributed by atoms with Crippen molar-refractivity contribution in [2.75, 3.05) is 6.54 Å². The Morgan fingerprint density at radius 2 is 2.28 bits per heavy atom. The standard InChI is InChI=1S/C12H19N5S/c1-4-13-11(12-8-14-18-16-12)7-10-6-9(3)15-17(10)5-2/h6,8,11,13H,4-5,7H2,1-3H3. The Balaban J connectivity index is 2.18. The summed E-state index contributed by atoms with van der Waals surface area (Å²) in [5, 5.41) is 7.94. The van der Waals surface area contributed by atoms with Crippen LogP contribution in [0, 0.1) is 6.92 Å². The maximum absolute atomic E-state index is 4.48. The molecule has 0 saturated heterocycles. The van der Waals surface area contributed by atoms with Crippen molar-refractivity contribution in [3.05, 3.63) is 29.3 Å². The Bertz CT molecular complexity index is 477. The second kappa shape index (κ2) is 6.06. The van der Waals surface area contributed by atoms with Gasteiger partial charge in [0.25, 0.3) is 0 Å². The summed E-state index contributed by atoms with van der Waals surface area (Å²) in [6, 6.07) is 2.36. The summed E-state index contributed by atoms with van der Waals surface area (Å²) in [5.74, 6) is 0. The van der Waals surface area contributed by atoms with Crippen molar-refractivity contribution in [1.82, 2.24) is 23.8 Å². The van der Waals surface area contributed by atoms with E-state index in [1.807, 2.05) is 13.1 Å². The Morgan fingerprint density at radius 3 is 2.89 bits per heavy atom. The molecule has 0 fully saturated rings. The number of aromatic nitrogens is 4. The van der Waals surface area contributed by atoms with Crippen molar-refractivity contribution in [3.8, 4) is 0 Å². The Labute approximate surface area is 112 Å². The summed E-state index contributed by atoms with van der Waals surface area (Å²) in [4.78, 5) is 0. The normalized spacial score (nSPS) is 12.8. The van der Waals surface area contributed by atoms with E-state index >= 15 is 0 Å². The van der Waals surface area contributed by atoms with E-state index in [1.54, 1.807) is 0 Å². The summed E-state index contributed by atoms with van der Waals surface area (Å²) in [6.45, 7) is 8.07. The number of likely N-dealkylation sites (N-methyl/N-ethyl adjacent to an activating group) is 1. The molecule has 0 aliphatic rings. The molecule has 5 nitrogen and oxygen atoms in total. The highest BCUT2D eigenvalue weighted by Crippen LogP contribution is 2.17. The quantitative estimate of drug-likeness (QED) is 0.867. The van der Waals surface area contributed by atoms with Crippen molar-refractivity contribution >= 4 is 11.7 Å². The fourth-order valence-corrected chi connectivity index (χ4v) is 2.57. The summed E-state index contributed by atoms with van der Waals surface area (Å²) in [5.41, 5.74) is 3.33. The third-order valence-corrected chi connectivity index (χ3v) is 3.38. The zero-order valence-electron chi connectivity index (χ0n) is 11.1. The molecule has 1 N–H and O–H groups in total. The molecule has 0 aromatic carbocycles. The summed E-state index contributed by atoms with van der Waals surface area (Å²) >= 11 is 1.26. The van der Waals surface area contributed by atoms with Crippen molar-refractivity contribution in [3.63, 3.8) is 0 Å². The summed E-state index contributed by atoms with van der Waals surface area (Å²) in [6.07, 6.45) is 2.74. The molecule has 1 atom stereocenters. The van der Waals surface area contributed by atoms with Crippen LogP contribution in [-0.2, 0) is 13.0 Å². The van der Waals surface area contributed by atoms with Gasteiger partial charge in [0.2, 0.25) is 0 Å². The minimum atomic E-state index is 0.218. The van der Waals surface area contributed by atoms with Gasteiger partial charge in [-0.1, -0.05) is 6.92 Å². The molecular weight excluding hydrogens is 246 g/mol. The van der Waals surface area contributed by atoms with E-state index in [-0.39, 0.29) is 6.04 Å². The first-order valence-electron chi connectivity index (χ1n) is 6.28. The van der Waals surface area contributed by atoms with Crippen molar-refractivity contribution in [2.24, 2.45) is 0 Å². The van der Waals surface area contributed by atoms with Gasteiger partial charge in [0.05, 0.1) is 35.4 Å². The van der Waals surface area contributed by atoms with Gasteiger partial charge in [0.1, 0.15) is 0 Å². The van der Waals surface area contributed by atoms with E-state index in [2.05, 4.69) is 43.8 Å². The van der Waals surface area contributed by atoms with Gasteiger partial charge >= 0.3 is 0 Å². The van der Waals surface area contributed by atoms with Crippen LogP contribution in [-0.4, -0.2) is 25.1 Å². The van der Waals surface area contributed by atoms with Gasteiger partial charge in [-0.2, -0.15) is 13.8 Å². The zero-order valence-corrected chi connectivity index (χ0v) is 11.9. The Hall–Kier alpha value is -1.27. The molecule has 98 valence electrons. The monoisotopic (exact) mass is 265 g/mol. The highest BCUT2D eigenvalue weighted by molar-refractivity contribution is 6.99. The smallest absolute Gasteiger partial charge is 0.0916 e. The number of hydrogen-bond acceptors (Lipinski definition) is 5. The molecule has 2 rings (SSSR count). The van der Waals surface area contributed by atoms with Gasteiger partial charge in [-0.3, -0.25) is 4.68 Å². The van der Waals surface area contributed by atoms with E-state index in [1.165, 1.54) is 17.4 Å². The summed E-state index contributed by atoms with van der Waals surface area (Å²) < 4.78 is 10.5. The number of nitrogens with zero attached hydrogens (tertiary/aromatic N) is 4. The molecule has 0 amide bonds. The first-order valence-corrected chi connectivity index (χ1v) is 7.01. The second-order valence-electron chi connectivity index (χ2n) is 4.24. The minimum Gasteiger partial charge on any atom is -0.309 e. The van der Waals surface area contributed by atoms with Crippen LogP contribution in [0.5, 0.6) is 0 Å². The average Bonchev–Trinajstić information content (AvgIpc) is 2.97. The van der Waals surface area contributed by atoms with Crippen LogP contribution >= 0.6 is 11.7 Å².